The molecule has 0 radical (unpaired) electrons. The zero-order valence-corrected chi connectivity index (χ0v) is 16.0. The van der Waals surface area contributed by atoms with E-state index in [9.17, 15) is 4.79 Å². The highest BCUT2D eigenvalue weighted by Gasteiger charge is 2.22. The second-order valence-electron chi connectivity index (χ2n) is 6.48. The third-order valence-corrected chi connectivity index (χ3v) is 5.11. The number of hydrogen-bond donors (Lipinski definition) is 2. The van der Waals surface area contributed by atoms with Crippen LogP contribution in [0.15, 0.2) is 29.3 Å². The first-order valence-electron chi connectivity index (χ1n) is 9.03. The van der Waals surface area contributed by atoms with Gasteiger partial charge in [0, 0.05) is 45.2 Å². The minimum absolute atomic E-state index is 0.139. The van der Waals surface area contributed by atoms with Gasteiger partial charge >= 0.3 is 0 Å². The van der Waals surface area contributed by atoms with E-state index in [4.69, 9.17) is 11.6 Å². The number of aryl methyl sites for hydroxylation is 1. The molecule has 1 aromatic rings. The van der Waals surface area contributed by atoms with Crippen LogP contribution in [-0.2, 0) is 11.2 Å². The van der Waals surface area contributed by atoms with E-state index in [0.29, 0.717) is 12.3 Å². The van der Waals surface area contributed by atoms with E-state index in [1.807, 2.05) is 25.2 Å². The first-order chi connectivity index (χ1) is 12.1. The van der Waals surface area contributed by atoms with Crippen LogP contribution < -0.4 is 10.6 Å². The number of nitrogens with zero attached hydrogens (tertiary/aromatic N) is 2. The predicted octanol–water partition coefficient (Wildman–Crippen LogP) is 2.70. The summed E-state index contributed by atoms with van der Waals surface area (Å²) in [7, 11) is 3.53. The second-order valence-corrected chi connectivity index (χ2v) is 6.88. The average Bonchev–Trinajstić information content (AvgIpc) is 2.64. The predicted molar refractivity (Wildman–Crippen MR) is 104 cm³/mol. The van der Waals surface area contributed by atoms with Gasteiger partial charge in [0.15, 0.2) is 5.96 Å². The molecule has 1 heterocycles. The molecule has 25 heavy (non-hydrogen) atoms. The molecule has 2 rings (SSSR count). The highest BCUT2D eigenvalue weighted by molar-refractivity contribution is 6.31. The Bertz CT molecular complexity index is 583. The Hall–Kier alpha value is -1.75. The number of nitrogens with one attached hydrogen (secondary N) is 2. The molecule has 0 atom stereocenters. The summed E-state index contributed by atoms with van der Waals surface area (Å²) >= 11 is 6.19. The van der Waals surface area contributed by atoms with Crippen LogP contribution in [0.5, 0.6) is 0 Å². The van der Waals surface area contributed by atoms with Crippen LogP contribution in [0.2, 0.25) is 5.02 Å². The molecular weight excluding hydrogens is 336 g/mol. The van der Waals surface area contributed by atoms with Crippen molar-refractivity contribution < 1.29 is 4.79 Å². The van der Waals surface area contributed by atoms with Crippen molar-refractivity contribution in [2.24, 2.45) is 10.9 Å². The Kier molecular flexibility index (Phi) is 8.06. The van der Waals surface area contributed by atoms with Crippen molar-refractivity contribution in [2.75, 3.05) is 33.7 Å². The average molecular weight is 365 g/mol. The highest BCUT2D eigenvalue weighted by atomic mass is 35.5. The number of piperidine rings is 1. The fourth-order valence-electron chi connectivity index (χ4n) is 3.23. The van der Waals surface area contributed by atoms with Crippen LogP contribution in [0.25, 0.3) is 0 Å². The Balaban J connectivity index is 1.71. The molecule has 0 saturated carbocycles. The van der Waals surface area contributed by atoms with E-state index in [-0.39, 0.29) is 5.91 Å². The molecule has 1 aliphatic heterocycles. The van der Waals surface area contributed by atoms with E-state index in [2.05, 4.69) is 26.6 Å². The molecule has 0 bridgehead atoms. The van der Waals surface area contributed by atoms with Crippen molar-refractivity contribution in [3.05, 3.63) is 34.9 Å². The SMILES string of the molecule is CN=C(NCCCc1ccccc1Cl)N1CCC(CC(=O)NC)CC1. The van der Waals surface area contributed by atoms with Crippen LogP contribution in [0.1, 0.15) is 31.2 Å². The first-order valence-corrected chi connectivity index (χ1v) is 9.41. The lowest BCUT2D eigenvalue weighted by Crippen LogP contribution is -2.46. The third kappa shape index (κ3) is 6.24. The van der Waals surface area contributed by atoms with Crippen LogP contribution in [0, 0.1) is 5.92 Å². The highest BCUT2D eigenvalue weighted by Crippen LogP contribution is 2.20. The van der Waals surface area contributed by atoms with E-state index in [1.165, 1.54) is 5.56 Å². The summed E-state index contributed by atoms with van der Waals surface area (Å²) in [4.78, 5) is 18.2. The minimum atomic E-state index is 0.139. The fraction of sp³-hybridized carbons (Fsp3) is 0.579. The number of halogens is 1. The number of rotatable bonds is 6. The number of likely N-dealkylation sites (tertiary alicyclic amines) is 1. The Morgan fingerprint density at radius 2 is 2.04 bits per heavy atom. The zero-order chi connectivity index (χ0) is 18.1. The normalized spacial score (nSPS) is 16.0. The maximum absolute atomic E-state index is 11.5. The molecule has 0 aromatic heterocycles. The van der Waals surface area contributed by atoms with Crippen molar-refractivity contribution >= 4 is 23.5 Å². The third-order valence-electron chi connectivity index (χ3n) is 4.74. The molecule has 5 nitrogen and oxygen atoms in total. The largest absolute Gasteiger partial charge is 0.359 e. The lowest BCUT2D eigenvalue weighted by Gasteiger charge is -2.34. The van der Waals surface area contributed by atoms with Crippen molar-refractivity contribution in [3.8, 4) is 0 Å². The number of hydrogen-bond acceptors (Lipinski definition) is 2. The lowest BCUT2D eigenvalue weighted by atomic mass is 9.93. The lowest BCUT2D eigenvalue weighted by molar-refractivity contribution is -0.121. The van der Waals surface area contributed by atoms with Gasteiger partial charge in [0.05, 0.1) is 0 Å². The van der Waals surface area contributed by atoms with Gasteiger partial charge in [-0.15, -0.1) is 0 Å². The molecule has 138 valence electrons. The maximum Gasteiger partial charge on any atom is 0.220 e. The van der Waals surface area contributed by atoms with Gasteiger partial charge in [-0.1, -0.05) is 29.8 Å². The summed E-state index contributed by atoms with van der Waals surface area (Å²) in [6, 6.07) is 8.00. The number of carbonyl (C=O) groups is 1. The molecule has 1 aliphatic rings. The van der Waals surface area contributed by atoms with Gasteiger partial charge in [-0.2, -0.15) is 0 Å². The van der Waals surface area contributed by atoms with E-state index >= 15 is 0 Å². The number of aliphatic imine (C=N–C) groups is 1. The number of carbonyl (C=O) groups excluding carboxylic acids is 1. The Morgan fingerprint density at radius 1 is 1.32 bits per heavy atom. The minimum Gasteiger partial charge on any atom is -0.359 e. The summed E-state index contributed by atoms with van der Waals surface area (Å²) < 4.78 is 0. The molecule has 2 N–H and O–H groups in total. The van der Waals surface area contributed by atoms with E-state index < -0.39 is 0 Å². The van der Waals surface area contributed by atoms with Crippen LogP contribution >= 0.6 is 11.6 Å². The Morgan fingerprint density at radius 3 is 2.68 bits per heavy atom. The maximum atomic E-state index is 11.5. The van der Waals surface area contributed by atoms with Crippen LogP contribution in [0.4, 0.5) is 0 Å². The van der Waals surface area contributed by atoms with Gasteiger partial charge in [-0.3, -0.25) is 9.79 Å². The molecule has 6 heteroatoms. The molecule has 1 aromatic carbocycles. The number of benzene rings is 1. The summed E-state index contributed by atoms with van der Waals surface area (Å²) in [6.45, 7) is 2.77. The van der Waals surface area contributed by atoms with Crippen LogP contribution in [-0.4, -0.2) is 50.5 Å². The molecule has 0 spiro atoms. The zero-order valence-electron chi connectivity index (χ0n) is 15.2. The van der Waals surface area contributed by atoms with Gasteiger partial charge in [0.1, 0.15) is 0 Å². The first kappa shape index (κ1) is 19.6. The van der Waals surface area contributed by atoms with Gasteiger partial charge in [0.25, 0.3) is 0 Å². The summed E-state index contributed by atoms with van der Waals surface area (Å²) in [6.07, 6.45) is 4.67. The van der Waals surface area contributed by atoms with Gasteiger partial charge in [-0.05, 0) is 43.2 Å². The topological polar surface area (TPSA) is 56.7 Å². The smallest absolute Gasteiger partial charge is 0.220 e. The fourth-order valence-corrected chi connectivity index (χ4v) is 3.46. The van der Waals surface area contributed by atoms with Crippen molar-refractivity contribution in [2.45, 2.75) is 32.1 Å². The van der Waals surface area contributed by atoms with Gasteiger partial charge < -0.3 is 15.5 Å². The molecular formula is C19H29ClN4O. The summed E-state index contributed by atoms with van der Waals surface area (Å²) in [5, 5.41) is 7.00. The summed E-state index contributed by atoms with van der Waals surface area (Å²) in [5.41, 5.74) is 1.19. The Labute approximate surface area is 155 Å². The van der Waals surface area contributed by atoms with Crippen molar-refractivity contribution in [1.82, 2.24) is 15.5 Å². The second kappa shape index (κ2) is 10.3. The quantitative estimate of drug-likeness (QED) is 0.463. The monoisotopic (exact) mass is 364 g/mol. The standard InChI is InChI=1S/C19H29ClN4O/c1-21-18(25)14-15-9-12-24(13-10-15)19(22-2)23-11-5-7-16-6-3-4-8-17(16)20/h3-4,6,8,15H,5,7,9-14H2,1-2H3,(H,21,25)(H,22,23). The number of guanidine groups is 1. The molecule has 1 fully saturated rings. The molecule has 1 amide bonds. The van der Waals surface area contributed by atoms with Gasteiger partial charge in [0.2, 0.25) is 5.91 Å². The van der Waals surface area contributed by atoms with Crippen LogP contribution in [0.3, 0.4) is 0 Å². The molecule has 0 aliphatic carbocycles. The molecule has 0 unspecified atom stereocenters. The van der Waals surface area contributed by atoms with Crippen molar-refractivity contribution in [1.29, 1.82) is 0 Å². The number of amides is 1. The summed E-state index contributed by atoms with van der Waals surface area (Å²) in [5.74, 6) is 1.58. The van der Waals surface area contributed by atoms with E-state index in [1.54, 1.807) is 7.05 Å². The van der Waals surface area contributed by atoms with Gasteiger partial charge in [-0.25, -0.2) is 0 Å². The molecule has 1 saturated heterocycles. The van der Waals surface area contributed by atoms with E-state index in [0.717, 1.165) is 56.3 Å². The van der Waals surface area contributed by atoms with Crippen molar-refractivity contribution in [3.63, 3.8) is 0 Å².